The number of fused-ring (bicyclic) bond motifs is 1. The highest BCUT2D eigenvalue weighted by Crippen LogP contribution is 3.02. The number of aromatic nitrogens is 3. The van der Waals surface area contributed by atoms with Crippen molar-refractivity contribution in [3.8, 4) is 0 Å². The normalized spacial score (nSPS) is 16.4. The van der Waals surface area contributed by atoms with Gasteiger partial charge in [0.1, 0.15) is 17.0 Å². The van der Waals surface area contributed by atoms with Crippen LogP contribution in [0.4, 0.5) is 34.0 Å². The first kappa shape index (κ1) is 22.2. The monoisotopic (exact) mass is 458 g/mol. The average molecular weight is 458 g/mol. The summed E-state index contributed by atoms with van der Waals surface area (Å²) in [6, 6.07) is 3.01. The highest BCUT2D eigenvalue weighted by Gasteiger charge is 2.65. The van der Waals surface area contributed by atoms with Crippen molar-refractivity contribution in [2.24, 2.45) is 0 Å². The zero-order chi connectivity index (χ0) is 22.6. The summed E-state index contributed by atoms with van der Waals surface area (Å²) >= 11 is 0. The molecular weight excluding hydrogens is 441 g/mol. The summed E-state index contributed by atoms with van der Waals surface area (Å²) in [5.74, 6) is -0.0239. The predicted octanol–water partition coefficient (Wildman–Crippen LogP) is 6.25. The number of alkyl halides is 2. The molecule has 0 amide bonds. The van der Waals surface area contributed by atoms with Gasteiger partial charge in [-0.2, -0.15) is 9.61 Å². The standard InChI is InChI=1S/C17H17F7N4OS/c1-17(2,29)15(10-3-5-12(6-4-10)30(20,21,22,23)24)27-14-8-11(16(18)19)7-13-25-9-26-28(13)14/h3-9,15-16,27,29H,1-2H3/t15-/m1/s1. The van der Waals surface area contributed by atoms with Crippen LogP contribution in [0.5, 0.6) is 0 Å². The molecule has 0 spiro atoms. The fourth-order valence-corrected chi connectivity index (χ4v) is 3.56. The van der Waals surface area contributed by atoms with Crippen molar-refractivity contribution >= 4 is 21.7 Å². The Hall–Kier alpha value is -2.54. The molecule has 5 nitrogen and oxygen atoms in total. The first-order chi connectivity index (χ1) is 13.5. The molecule has 30 heavy (non-hydrogen) atoms. The Morgan fingerprint density at radius 1 is 1.00 bits per heavy atom. The number of nitrogens with zero attached hydrogens (tertiary/aromatic N) is 3. The summed E-state index contributed by atoms with van der Waals surface area (Å²) in [5, 5.41) is 17.1. The minimum Gasteiger partial charge on any atom is -0.388 e. The lowest BCUT2D eigenvalue weighted by molar-refractivity contribution is 0.0587. The second kappa shape index (κ2) is 6.23. The first-order valence-electron chi connectivity index (χ1n) is 8.40. The van der Waals surface area contributed by atoms with Gasteiger partial charge in [0, 0.05) is 5.56 Å². The molecule has 0 aliphatic rings. The van der Waals surface area contributed by atoms with E-state index in [1.165, 1.54) is 13.8 Å². The smallest absolute Gasteiger partial charge is 0.310 e. The summed E-state index contributed by atoms with van der Waals surface area (Å²) < 4.78 is 92.4. The van der Waals surface area contributed by atoms with Crippen molar-refractivity contribution in [3.63, 3.8) is 0 Å². The summed E-state index contributed by atoms with van der Waals surface area (Å²) in [7, 11) is -9.86. The van der Waals surface area contributed by atoms with Gasteiger partial charge >= 0.3 is 10.2 Å². The number of hydrogen-bond donors (Lipinski definition) is 2. The molecule has 0 unspecified atom stereocenters. The van der Waals surface area contributed by atoms with E-state index in [0.717, 1.165) is 35.1 Å². The zero-order valence-corrected chi connectivity index (χ0v) is 16.4. The molecule has 3 aromatic rings. The van der Waals surface area contributed by atoms with Gasteiger partial charge in [-0.3, -0.25) is 0 Å². The maximum absolute atomic E-state index is 13.2. The molecule has 0 radical (unpaired) electrons. The van der Waals surface area contributed by atoms with Crippen LogP contribution in [0.15, 0.2) is 47.6 Å². The van der Waals surface area contributed by atoms with Crippen molar-refractivity contribution in [1.82, 2.24) is 14.6 Å². The van der Waals surface area contributed by atoms with E-state index in [0.29, 0.717) is 0 Å². The van der Waals surface area contributed by atoms with Gasteiger partial charge in [-0.1, -0.05) is 31.6 Å². The lowest BCUT2D eigenvalue weighted by Crippen LogP contribution is -2.35. The van der Waals surface area contributed by atoms with Crippen LogP contribution < -0.4 is 5.32 Å². The van der Waals surface area contributed by atoms with Gasteiger partial charge in [0.05, 0.1) is 11.6 Å². The molecule has 0 fully saturated rings. The molecular formula is C17H17F7N4OS. The van der Waals surface area contributed by atoms with E-state index < -0.39 is 38.8 Å². The second-order valence-electron chi connectivity index (χ2n) is 7.27. The van der Waals surface area contributed by atoms with E-state index in [1.54, 1.807) is 0 Å². The number of rotatable bonds is 6. The molecule has 0 saturated heterocycles. The van der Waals surface area contributed by atoms with Crippen molar-refractivity contribution in [3.05, 3.63) is 53.9 Å². The number of nitrogens with one attached hydrogen (secondary N) is 1. The quantitative estimate of drug-likeness (QED) is 0.429. The molecule has 2 N–H and O–H groups in total. The third-order valence-corrected chi connectivity index (χ3v) is 5.47. The van der Waals surface area contributed by atoms with E-state index in [1.807, 2.05) is 0 Å². The molecule has 1 atom stereocenters. The molecule has 2 aromatic heterocycles. The molecule has 1 aromatic carbocycles. The van der Waals surface area contributed by atoms with Crippen LogP contribution in [0.1, 0.15) is 37.4 Å². The third kappa shape index (κ3) is 4.61. The number of anilines is 1. The molecule has 3 rings (SSSR count). The van der Waals surface area contributed by atoms with Gasteiger partial charge in [0.15, 0.2) is 5.65 Å². The SMILES string of the molecule is CC(C)(O)[C@H](Nc1cc(C(F)F)cc2ncnn12)c1ccc(S(F)(F)(F)(F)F)cc1. The molecule has 0 bridgehead atoms. The van der Waals surface area contributed by atoms with E-state index >= 15 is 0 Å². The lowest BCUT2D eigenvalue weighted by atomic mass is 9.92. The van der Waals surface area contributed by atoms with Crippen LogP contribution in [0, 0.1) is 0 Å². The Labute approximate surface area is 166 Å². The predicted molar refractivity (Wildman–Crippen MR) is 98.4 cm³/mol. The van der Waals surface area contributed by atoms with Crippen molar-refractivity contribution in [1.29, 1.82) is 0 Å². The minimum atomic E-state index is -9.86. The highest BCUT2D eigenvalue weighted by molar-refractivity contribution is 8.45. The topological polar surface area (TPSA) is 62.5 Å². The van der Waals surface area contributed by atoms with Crippen LogP contribution >= 0.6 is 10.2 Å². The third-order valence-electron chi connectivity index (χ3n) is 4.31. The largest absolute Gasteiger partial charge is 0.388 e. The van der Waals surface area contributed by atoms with Crippen LogP contribution in [-0.4, -0.2) is 25.3 Å². The first-order valence-corrected chi connectivity index (χ1v) is 10.4. The van der Waals surface area contributed by atoms with E-state index in [4.69, 9.17) is 0 Å². The van der Waals surface area contributed by atoms with Crippen LogP contribution in [0.25, 0.3) is 5.65 Å². The zero-order valence-electron chi connectivity index (χ0n) is 15.5. The van der Waals surface area contributed by atoms with Gasteiger partial charge in [0.2, 0.25) is 0 Å². The molecule has 0 saturated carbocycles. The molecule has 0 aliphatic carbocycles. The minimum absolute atomic E-state index is 0.0174. The molecule has 13 heteroatoms. The molecule has 166 valence electrons. The van der Waals surface area contributed by atoms with Crippen molar-refractivity contribution in [2.45, 2.75) is 36.8 Å². The van der Waals surface area contributed by atoms with Crippen molar-refractivity contribution in [2.75, 3.05) is 5.32 Å². The maximum Gasteiger partial charge on any atom is 0.310 e. The maximum atomic E-state index is 13.2. The van der Waals surface area contributed by atoms with Gasteiger partial charge < -0.3 is 10.4 Å². The molecule has 0 aliphatic heterocycles. The lowest BCUT2D eigenvalue weighted by Gasteiger charge is -2.40. The Kier molecular flexibility index (Phi) is 4.60. The summed E-state index contributed by atoms with van der Waals surface area (Å²) in [6.07, 6.45) is -1.73. The fraction of sp³-hybridized carbons (Fsp3) is 0.294. The molecule has 2 heterocycles. The Morgan fingerprint density at radius 3 is 2.10 bits per heavy atom. The van der Waals surface area contributed by atoms with Crippen LogP contribution in [-0.2, 0) is 0 Å². The van der Waals surface area contributed by atoms with Gasteiger partial charge in [-0.05, 0) is 43.7 Å². The number of hydrogen-bond acceptors (Lipinski definition) is 4. The number of pyridine rings is 1. The number of aliphatic hydroxyl groups is 1. The highest BCUT2D eigenvalue weighted by atomic mass is 32.5. The van der Waals surface area contributed by atoms with Gasteiger partial charge in [-0.15, -0.1) is 0 Å². The van der Waals surface area contributed by atoms with Crippen molar-refractivity contribution < 1.29 is 33.3 Å². The summed E-state index contributed by atoms with van der Waals surface area (Å²) in [5.41, 5.74) is -1.95. The Morgan fingerprint density at radius 2 is 1.60 bits per heavy atom. The average Bonchev–Trinajstić information content (AvgIpc) is 3.05. The van der Waals surface area contributed by atoms with Crippen LogP contribution in [0.2, 0.25) is 0 Å². The van der Waals surface area contributed by atoms with E-state index in [9.17, 15) is 33.3 Å². The Balaban J connectivity index is 2.06. The van der Waals surface area contributed by atoms with E-state index in [2.05, 4.69) is 15.4 Å². The number of benzene rings is 1. The van der Waals surface area contributed by atoms with Gasteiger partial charge in [0.25, 0.3) is 6.43 Å². The Bertz CT molecular complexity index is 1080. The van der Waals surface area contributed by atoms with Gasteiger partial charge in [-0.25, -0.2) is 13.8 Å². The van der Waals surface area contributed by atoms with E-state index in [-0.39, 0.29) is 29.2 Å². The summed E-state index contributed by atoms with van der Waals surface area (Å²) in [4.78, 5) is 1.75. The van der Waals surface area contributed by atoms with Crippen LogP contribution in [0.3, 0.4) is 0 Å². The second-order valence-corrected chi connectivity index (χ2v) is 9.68. The fourth-order valence-electron chi connectivity index (χ4n) is 2.91. The summed E-state index contributed by atoms with van der Waals surface area (Å²) in [6.45, 7) is 2.64. The number of halogens is 7.